The Morgan fingerprint density at radius 2 is 2.16 bits per heavy atom. The van der Waals surface area contributed by atoms with Gasteiger partial charge < -0.3 is 4.90 Å². The molecular weight excluding hydrogens is 318 g/mol. The summed E-state index contributed by atoms with van der Waals surface area (Å²) in [6.07, 6.45) is 2.68. The third kappa shape index (κ3) is 3.03. The lowest BCUT2D eigenvalue weighted by atomic mass is 10.1. The second-order valence-electron chi connectivity index (χ2n) is 5.19. The predicted molar refractivity (Wildman–Crippen MR) is 87.3 cm³/mol. The summed E-state index contributed by atoms with van der Waals surface area (Å²) in [7, 11) is 0. The molecule has 0 atom stereocenters. The van der Waals surface area contributed by atoms with Gasteiger partial charge in [0.25, 0.3) is 0 Å². The highest BCUT2D eigenvalue weighted by Crippen LogP contribution is 2.35. The van der Waals surface area contributed by atoms with Crippen LogP contribution in [0.3, 0.4) is 0 Å². The van der Waals surface area contributed by atoms with Gasteiger partial charge in [0.05, 0.1) is 6.54 Å². The highest BCUT2D eigenvalue weighted by molar-refractivity contribution is 9.08. The third-order valence-corrected chi connectivity index (χ3v) is 5.13. The van der Waals surface area contributed by atoms with Gasteiger partial charge in [-0.15, -0.1) is 11.3 Å². The van der Waals surface area contributed by atoms with Crippen LogP contribution in [0.25, 0.3) is 0 Å². The van der Waals surface area contributed by atoms with Crippen LogP contribution in [0.5, 0.6) is 0 Å². The summed E-state index contributed by atoms with van der Waals surface area (Å²) in [6.45, 7) is 3.28. The highest BCUT2D eigenvalue weighted by Gasteiger charge is 2.30. The van der Waals surface area contributed by atoms with E-state index in [-0.39, 0.29) is 0 Å². The second-order valence-corrected chi connectivity index (χ2v) is 6.79. The summed E-state index contributed by atoms with van der Waals surface area (Å²) in [6, 6.07) is 12.0. The van der Waals surface area contributed by atoms with E-state index in [2.05, 4.69) is 63.5 Å². The molecule has 2 aromatic rings. The lowest BCUT2D eigenvalue weighted by Gasteiger charge is -2.26. The first-order valence-electron chi connectivity index (χ1n) is 6.72. The van der Waals surface area contributed by atoms with Crippen LogP contribution < -0.4 is 4.90 Å². The van der Waals surface area contributed by atoms with E-state index >= 15 is 0 Å². The van der Waals surface area contributed by atoms with Crippen LogP contribution >= 0.6 is 27.3 Å². The topological polar surface area (TPSA) is 3.24 Å². The number of hydrogen-bond acceptors (Lipinski definition) is 2. The van der Waals surface area contributed by atoms with Crippen LogP contribution in [-0.2, 0) is 11.9 Å². The number of anilines is 1. The number of nitrogens with zero attached hydrogens (tertiary/aromatic N) is 1. The molecule has 1 aliphatic carbocycles. The fourth-order valence-electron chi connectivity index (χ4n) is 2.49. The Labute approximate surface area is 127 Å². The van der Waals surface area contributed by atoms with Crippen LogP contribution in [0.1, 0.15) is 28.8 Å². The van der Waals surface area contributed by atoms with Crippen molar-refractivity contribution in [2.24, 2.45) is 0 Å². The third-order valence-electron chi connectivity index (χ3n) is 3.62. The fraction of sp³-hybridized carbons (Fsp3) is 0.375. The highest BCUT2D eigenvalue weighted by atomic mass is 79.9. The molecule has 1 saturated carbocycles. The predicted octanol–water partition coefficient (Wildman–Crippen LogP) is 5.12. The Kier molecular flexibility index (Phi) is 3.94. The van der Waals surface area contributed by atoms with E-state index in [4.69, 9.17) is 0 Å². The molecule has 0 amide bonds. The van der Waals surface area contributed by atoms with E-state index in [1.807, 2.05) is 11.3 Å². The SMILES string of the molecule is Cc1cc(CBr)ccc1N(Cc1cccs1)C1CC1. The lowest BCUT2D eigenvalue weighted by molar-refractivity contribution is 0.799. The zero-order valence-electron chi connectivity index (χ0n) is 11.1. The summed E-state index contributed by atoms with van der Waals surface area (Å²) in [5, 5.41) is 3.10. The zero-order chi connectivity index (χ0) is 13.2. The van der Waals surface area contributed by atoms with Gasteiger partial charge in [0, 0.05) is 21.9 Å². The standard InChI is InChI=1S/C16H18BrNS/c1-12-9-13(10-17)4-7-16(12)18(14-5-6-14)11-15-3-2-8-19-15/h2-4,7-9,14H,5-6,10-11H2,1H3. The Balaban J connectivity index is 1.87. The lowest BCUT2D eigenvalue weighted by Crippen LogP contribution is -2.25. The molecule has 0 N–H and O–H groups in total. The monoisotopic (exact) mass is 335 g/mol. The zero-order valence-corrected chi connectivity index (χ0v) is 13.5. The molecular formula is C16H18BrNS. The first-order valence-corrected chi connectivity index (χ1v) is 8.72. The maximum Gasteiger partial charge on any atom is 0.0526 e. The quantitative estimate of drug-likeness (QED) is 0.685. The fourth-order valence-corrected chi connectivity index (χ4v) is 3.54. The summed E-state index contributed by atoms with van der Waals surface area (Å²) in [4.78, 5) is 4.04. The minimum atomic E-state index is 0.746. The molecule has 1 nitrogen and oxygen atoms in total. The van der Waals surface area contributed by atoms with Crippen molar-refractivity contribution in [3.8, 4) is 0 Å². The first-order chi connectivity index (χ1) is 9.28. The van der Waals surface area contributed by atoms with Crippen molar-refractivity contribution in [1.29, 1.82) is 0 Å². The van der Waals surface area contributed by atoms with Crippen molar-refractivity contribution >= 4 is 33.0 Å². The molecule has 1 aromatic carbocycles. The second kappa shape index (κ2) is 5.68. The maximum atomic E-state index is 3.53. The molecule has 1 aromatic heterocycles. The minimum absolute atomic E-state index is 0.746. The molecule has 3 rings (SSSR count). The number of thiophene rings is 1. The molecule has 0 spiro atoms. The van der Waals surface area contributed by atoms with Crippen molar-refractivity contribution in [2.75, 3.05) is 4.90 Å². The van der Waals surface area contributed by atoms with Gasteiger partial charge in [-0.2, -0.15) is 0 Å². The van der Waals surface area contributed by atoms with E-state index in [1.54, 1.807) is 0 Å². The smallest absolute Gasteiger partial charge is 0.0526 e. The van der Waals surface area contributed by atoms with Crippen molar-refractivity contribution in [1.82, 2.24) is 0 Å². The first kappa shape index (κ1) is 13.2. The van der Waals surface area contributed by atoms with Gasteiger partial charge in [-0.3, -0.25) is 0 Å². The summed E-state index contributed by atoms with van der Waals surface area (Å²) >= 11 is 5.39. The van der Waals surface area contributed by atoms with Crippen LogP contribution in [0.15, 0.2) is 35.7 Å². The average molecular weight is 336 g/mol. The summed E-state index contributed by atoms with van der Waals surface area (Å²) in [5.41, 5.74) is 4.15. The Morgan fingerprint density at radius 1 is 1.32 bits per heavy atom. The summed E-state index contributed by atoms with van der Waals surface area (Å²) < 4.78 is 0. The molecule has 1 aliphatic rings. The molecule has 0 unspecified atom stereocenters. The van der Waals surface area contributed by atoms with Gasteiger partial charge in [0.1, 0.15) is 0 Å². The van der Waals surface area contributed by atoms with Crippen LogP contribution in [-0.4, -0.2) is 6.04 Å². The minimum Gasteiger partial charge on any atom is -0.363 e. The van der Waals surface area contributed by atoms with E-state index in [9.17, 15) is 0 Å². The molecule has 0 saturated heterocycles. The number of aryl methyl sites for hydroxylation is 1. The van der Waals surface area contributed by atoms with Gasteiger partial charge in [0.15, 0.2) is 0 Å². The van der Waals surface area contributed by atoms with Gasteiger partial charge in [-0.1, -0.05) is 34.1 Å². The Morgan fingerprint density at radius 3 is 2.74 bits per heavy atom. The van der Waals surface area contributed by atoms with Gasteiger partial charge in [0.2, 0.25) is 0 Å². The molecule has 19 heavy (non-hydrogen) atoms. The molecule has 3 heteroatoms. The number of alkyl halides is 1. The molecule has 0 aliphatic heterocycles. The van der Waals surface area contributed by atoms with E-state index in [0.717, 1.165) is 17.9 Å². The van der Waals surface area contributed by atoms with E-state index in [0.29, 0.717) is 0 Å². The molecule has 1 fully saturated rings. The molecule has 0 bridgehead atoms. The van der Waals surface area contributed by atoms with Crippen LogP contribution in [0.2, 0.25) is 0 Å². The number of rotatable bonds is 5. The van der Waals surface area contributed by atoms with E-state index < -0.39 is 0 Å². The van der Waals surface area contributed by atoms with E-state index in [1.165, 1.54) is 34.5 Å². The summed E-state index contributed by atoms with van der Waals surface area (Å²) in [5.74, 6) is 0. The van der Waals surface area contributed by atoms with Crippen LogP contribution in [0.4, 0.5) is 5.69 Å². The number of hydrogen-bond donors (Lipinski definition) is 0. The van der Waals surface area contributed by atoms with Gasteiger partial charge >= 0.3 is 0 Å². The Bertz CT molecular complexity index is 546. The van der Waals surface area contributed by atoms with Crippen molar-refractivity contribution < 1.29 is 0 Å². The molecule has 0 radical (unpaired) electrons. The van der Waals surface area contributed by atoms with Gasteiger partial charge in [-0.25, -0.2) is 0 Å². The normalized spacial score (nSPS) is 14.6. The average Bonchev–Trinajstić information content (AvgIpc) is 3.14. The van der Waals surface area contributed by atoms with Crippen molar-refractivity contribution in [2.45, 2.75) is 37.7 Å². The van der Waals surface area contributed by atoms with Crippen molar-refractivity contribution in [3.63, 3.8) is 0 Å². The van der Waals surface area contributed by atoms with Crippen molar-refractivity contribution in [3.05, 3.63) is 51.7 Å². The Hall–Kier alpha value is -0.800. The molecule has 1 heterocycles. The number of halogens is 1. The maximum absolute atomic E-state index is 3.53. The van der Waals surface area contributed by atoms with Crippen LogP contribution in [0, 0.1) is 6.92 Å². The van der Waals surface area contributed by atoms with Gasteiger partial charge in [-0.05, 0) is 48.4 Å². The molecule has 100 valence electrons. The largest absolute Gasteiger partial charge is 0.363 e. The number of benzene rings is 1.